The van der Waals surface area contributed by atoms with Crippen LogP contribution in [0.3, 0.4) is 0 Å². The van der Waals surface area contributed by atoms with E-state index in [1.165, 1.54) is 11.6 Å². The standard InChI is InChI=1S/C19H20N2O4/c1-25-17-8-6-14(7-9-17)16-10-11-20(13-16)19(22)12-15-4-2-3-5-18(15)21(23)24/h2-9,16H,10-13H2,1H3/t16-/m0/s1. The molecule has 1 aliphatic rings. The van der Waals surface area contributed by atoms with E-state index in [4.69, 9.17) is 4.74 Å². The van der Waals surface area contributed by atoms with Crippen molar-refractivity contribution in [3.05, 3.63) is 69.8 Å². The predicted molar refractivity (Wildman–Crippen MR) is 93.7 cm³/mol. The van der Waals surface area contributed by atoms with Crippen molar-refractivity contribution in [1.29, 1.82) is 0 Å². The number of nitro groups is 1. The van der Waals surface area contributed by atoms with Crippen molar-refractivity contribution >= 4 is 11.6 Å². The summed E-state index contributed by atoms with van der Waals surface area (Å²) in [6, 6.07) is 14.3. The summed E-state index contributed by atoms with van der Waals surface area (Å²) in [7, 11) is 1.63. The SMILES string of the molecule is COc1ccc([C@H]2CCN(C(=O)Cc3ccccc3[N+](=O)[O-])C2)cc1. The molecule has 0 saturated carbocycles. The molecule has 25 heavy (non-hydrogen) atoms. The van der Waals surface area contributed by atoms with Crippen molar-refractivity contribution < 1.29 is 14.5 Å². The summed E-state index contributed by atoms with van der Waals surface area (Å²) in [5.74, 6) is 1.04. The second-order valence-electron chi connectivity index (χ2n) is 6.16. The highest BCUT2D eigenvalue weighted by Crippen LogP contribution is 2.29. The lowest BCUT2D eigenvalue weighted by molar-refractivity contribution is -0.385. The first kappa shape index (κ1) is 17.0. The lowest BCUT2D eigenvalue weighted by atomic mass is 9.98. The third-order valence-corrected chi connectivity index (χ3v) is 4.66. The highest BCUT2D eigenvalue weighted by Gasteiger charge is 2.28. The Morgan fingerprint density at radius 1 is 1.24 bits per heavy atom. The zero-order valence-electron chi connectivity index (χ0n) is 14.1. The minimum atomic E-state index is -0.438. The van der Waals surface area contributed by atoms with Crippen LogP contribution in [-0.4, -0.2) is 35.9 Å². The number of carbonyl (C=O) groups excluding carboxylic acids is 1. The first-order valence-corrected chi connectivity index (χ1v) is 8.22. The Bertz CT molecular complexity index is 773. The molecule has 6 heteroatoms. The summed E-state index contributed by atoms with van der Waals surface area (Å²) in [5.41, 5.74) is 1.65. The Kier molecular flexibility index (Phi) is 4.97. The van der Waals surface area contributed by atoms with Gasteiger partial charge < -0.3 is 9.64 Å². The van der Waals surface area contributed by atoms with E-state index < -0.39 is 4.92 Å². The van der Waals surface area contributed by atoms with Crippen LogP contribution < -0.4 is 4.74 Å². The lowest BCUT2D eigenvalue weighted by Crippen LogP contribution is -2.30. The van der Waals surface area contributed by atoms with Crippen LogP contribution in [-0.2, 0) is 11.2 Å². The van der Waals surface area contributed by atoms with Gasteiger partial charge in [-0.1, -0.05) is 30.3 Å². The number of carbonyl (C=O) groups is 1. The monoisotopic (exact) mass is 340 g/mol. The molecular weight excluding hydrogens is 320 g/mol. The van der Waals surface area contributed by atoms with Gasteiger partial charge in [0.2, 0.25) is 5.91 Å². The molecule has 0 aromatic heterocycles. The Labute approximate surface area is 146 Å². The smallest absolute Gasteiger partial charge is 0.273 e. The Morgan fingerprint density at radius 2 is 1.96 bits per heavy atom. The molecule has 0 bridgehead atoms. The number of nitrogens with zero attached hydrogens (tertiary/aromatic N) is 2. The molecule has 130 valence electrons. The number of amides is 1. The average molecular weight is 340 g/mol. The van der Waals surface area contributed by atoms with E-state index in [9.17, 15) is 14.9 Å². The lowest BCUT2D eigenvalue weighted by Gasteiger charge is -2.17. The first-order chi connectivity index (χ1) is 12.1. The van der Waals surface area contributed by atoms with Crippen LogP contribution in [0.15, 0.2) is 48.5 Å². The first-order valence-electron chi connectivity index (χ1n) is 8.22. The Hall–Kier alpha value is -2.89. The van der Waals surface area contributed by atoms with Crippen molar-refractivity contribution in [2.75, 3.05) is 20.2 Å². The van der Waals surface area contributed by atoms with Gasteiger partial charge in [-0.3, -0.25) is 14.9 Å². The number of hydrogen-bond donors (Lipinski definition) is 0. The highest BCUT2D eigenvalue weighted by molar-refractivity contribution is 5.80. The minimum absolute atomic E-state index is 0.00162. The average Bonchev–Trinajstić information content (AvgIpc) is 3.12. The van der Waals surface area contributed by atoms with Crippen molar-refractivity contribution in [1.82, 2.24) is 4.90 Å². The van der Waals surface area contributed by atoms with Crippen molar-refractivity contribution in [2.45, 2.75) is 18.8 Å². The van der Waals surface area contributed by atoms with Crippen LogP contribution in [0.5, 0.6) is 5.75 Å². The molecule has 1 atom stereocenters. The van der Waals surface area contributed by atoms with Gasteiger partial charge in [-0.05, 0) is 24.1 Å². The normalized spacial score (nSPS) is 16.7. The fraction of sp³-hybridized carbons (Fsp3) is 0.316. The number of hydrogen-bond acceptors (Lipinski definition) is 4. The van der Waals surface area contributed by atoms with Crippen LogP contribution in [0.1, 0.15) is 23.5 Å². The summed E-state index contributed by atoms with van der Waals surface area (Å²) < 4.78 is 5.17. The van der Waals surface area contributed by atoms with Crippen LogP contribution in [0.4, 0.5) is 5.69 Å². The number of rotatable bonds is 5. The summed E-state index contributed by atoms with van der Waals surface area (Å²) >= 11 is 0. The molecule has 1 saturated heterocycles. The van der Waals surface area contributed by atoms with Gasteiger partial charge in [-0.2, -0.15) is 0 Å². The predicted octanol–water partition coefficient (Wildman–Crippen LogP) is 3.16. The molecular formula is C19H20N2O4. The highest BCUT2D eigenvalue weighted by atomic mass is 16.6. The van der Waals surface area contributed by atoms with Crippen LogP contribution in [0, 0.1) is 10.1 Å². The molecule has 6 nitrogen and oxygen atoms in total. The molecule has 0 spiro atoms. The van der Waals surface area contributed by atoms with Crippen LogP contribution >= 0.6 is 0 Å². The minimum Gasteiger partial charge on any atom is -0.497 e. The van der Waals surface area contributed by atoms with E-state index >= 15 is 0 Å². The quantitative estimate of drug-likeness (QED) is 0.619. The van der Waals surface area contributed by atoms with E-state index in [2.05, 4.69) is 0 Å². The molecule has 0 N–H and O–H groups in total. The van der Waals surface area contributed by atoms with Gasteiger partial charge in [-0.25, -0.2) is 0 Å². The molecule has 2 aromatic rings. The van der Waals surface area contributed by atoms with E-state index in [1.54, 1.807) is 30.2 Å². The Balaban J connectivity index is 1.65. The number of likely N-dealkylation sites (tertiary alicyclic amines) is 1. The van der Waals surface area contributed by atoms with Gasteiger partial charge >= 0.3 is 0 Å². The van der Waals surface area contributed by atoms with Gasteiger partial charge in [0, 0.05) is 30.6 Å². The zero-order valence-corrected chi connectivity index (χ0v) is 14.1. The topological polar surface area (TPSA) is 72.7 Å². The van der Waals surface area contributed by atoms with Crippen molar-refractivity contribution in [3.8, 4) is 5.75 Å². The maximum Gasteiger partial charge on any atom is 0.273 e. The summed E-state index contributed by atoms with van der Waals surface area (Å²) in [5, 5.41) is 11.1. The van der Waals surface area contributed by atoms with Crippen LogP contribution in [0.2, 0.25) is 0 Å². The van der Waals surface area contributed by atoms with Crippen molar-refractivity contribution in [3.63, 3.8) is 0 Å². The largest absolute Gasteiger partial charge is 0.497 e. The van der Waals surface area contributed by atoms with Gasteiger partial charge in [0.05, 0.1) is 18.5 Å². The molecule has 0 aliphatic carbocycles. The molecule has 1 fully saturated rings. The number of ether oxygens (including phenoxy) is 1. The van der Waals surface area contributed by atoms with Crippen molar-refractivity contribution in [2.24, 2.45) is 0 Å². The molecule has 2 aromatic carbocycles. The van der Waals surface area contributed by atoms with Gasteiger partial charge in [0.15, 0.2) is 0 Å². The number of nitro benzene ring substituents is 1. The third kappa shape index (κ3) is 3.79. The third-order valence-electron chi connectivity index (χ3n) is 4.66. The fourth-order valence-electron chi connectivity index (χ4n) is 3.25. The van der Waals surface area contributed by atoms with Gasteiger partial charge in [-0.15, -0.1) is 0 Å². The molecule has 0 unspecified atom stereocenters. The second-order valence-corrected chi connectivity index (χ2v) is 6.16. The molecule has 1 amide bonds. The molecule has 1 aliphatic heterocycles. The number of methoxy groups -OCH3 is 1. The molecule has 0 radical (unpaired) electrons. The summed E-state index contributed by atoms with van der Waals surface area (Å²) in [4.78, 5) is 25.0. The molecule has 3 rings (SSSR count). The maximum atomic E-state index is 12.6. The van der Waals surface area contributed by atoms with E-state index in [1.807, 2.05) is 24.3 Å². The van der Waals surface area contributed by atoms with E-state index in [0.717, 1.165) is 12.2 Å². The van der Waals surface area contributed by atoms with E-state index in [0.29, 0.717) is 24.6 Å². The fourth-order valence-corrected chi connectivity index (χ4v) is 3.25. The summed E-state index contributed by atoms with van der Waals surface area (Å²) in [6.07, 6.45) is 0.960. The number of para-hydroxylation sites is 1. The zero-order chi connectivity index (χ0) is 17.8. The number of benzene rings is 2. The van der Waals surface area contributed by atoms with Gasteiger partial charge in [0.1, 0.15) is 5.75 Å². The molecule has 1 heterocycles. The maximum absolute atomic E-state index is 12.6. The van der Waals surface area contributed by atoms with Gasteiger partial charge in [0.25, 0.3) is 5.69 Å². The Morgan fingerprint density at radius 3 is 2.64 bits per heavy atom. The second kappa shape index (κ2) is 7.34. The van der Waals surface area contributed by atoms with E-state index in [-0.39, 0.29) is 18.0 Å². The summed E-state index contributed by atoms with van der Waals surface area (Å²) in [6.45, 7) is 1.32. The van der Waals surface area contributed by atoms with Crippen LogP contribution in [0.25, 0.3) is 0 Å².